The Kier molecular flexibility index (Phi) is 7.58. The fraction of sp³-hybridized carbons (Fsp3) is 0.378. The van der Waals surface area contributed by atoms with Gasteiger partial charge in [0.1, 0.15) is 11.5 Å². The molecule has 43 heavy (non-hydrogen) atoms. The molecule has 0 radical (unpaired) electrons. The molecule has 0 atom stereocenters. The molecule has 4 aromatic carbocycles. The zero-order chi connectivity index (χ0) is 29.4. The summed E-state index contributed by atoms with van der Waals surface area (Å²) in [5.41, 5.74) is 4.94. The summed E-state index contributed by atoms with van der Waals surface area (Å²) in [6.07, 6.45) is 7.99. The summed E-state index contributed by atoms with van der Waals surface area (Å²) in [4.78, 5) is 12.8. The molecule has 4 fully saturated rings. The van der Waals surface area contributed by atoms with E-state index in [1.54, 1.807) is 31.4 Å². The van der Waals surface area contributed by atoms with Crippen molar-refractivity contribution >= 4 is 22.4 Å². The lowest BCUT2D eigenvalue weighted by molar-refractivity contribution is -0.0188. The Labute approximate surface area is 253 Å². The van der Waals surface area contributed by atoms with Crippen LogP contribution in [-0.2, 0) is 14.9 Å². The monoisotopic (exact) mass is 577 g/mol. The minimum Gasteiger partial charge on any atom is -0.508 e. The summed E-state index contributed by atoms with van der Waals surface area (Å²) in [6.45, 7) is 1.28. The third-order valence-electron chi connectivity index (χ3n) is 9.88. The molecule has 6 nitrogen and oxygen atoms in total. The summed E-state index contributed by atoms with van der Waals surface area (Å²) in [6, 6.07) is 25.4. The Morgan fingerprint density at radius 3 is 2.16 bits per heavy atom. The van der Waals surface area contributed by atoms with Crippen molar-refractivity contribution in [3.05, 3.63) is 90.0 Å². The molecule has 0 saturated heterocycles. The van der Waals surface area contributed by atoms with Gasteiger partial charge in [-0.15, -0.1) is 0 Å². The van der Waals surface area contributed by atoms with Crippen LogP contribution in [-0.4, -0.2) is 38.1 Å². The summed E-state index contributed by atoms with van der Waals surface area (Å²) < 4.78 is 17.2. The second kappa shape index (κ2) is 11.7. The first-order chi connectivity index (χ1) is 21.0. The van der Waals surface area contributed by atoms with E-state index in [-0.39, 0.29) is 23.9 Å². The van der Waals surface area contributed by atoms with E-state index < -0.39 is 0 Å². The van der Waals surface area contributed by atoms with Crippen molar-refractivity contribution in [3.8, 4) is 22.6 Å². The predicted octanol–water partition coefficient (Wildman–Crippen LogP) is 7.93. The molecule has 2 N–H and O–H groups in total. The van der Waals surface area contributed by atoms with Crippen molar-refractivity contribution < 1.29 is 24.1 Å². The van der Waals surface area contributed by atoms with E-state index in [1.165, 1.54) is 49.5 Å². The SMILES string of the molecule is COCCOCOc1cc2ccc(-c3ccc(C(=O)Nc4ccc(O)cc4)cc3)cc2cc1C12CC3CC(CC(C3)C1)C2. The fourth-order valence-corrected chi connectivity index (χ4v) is 8.30. The van der Waals surface area contributed by atoms with Crippen LogP contribution in [0.4, 0.5) is 5.69 Å². The molecule has 0 unspecified atom stereocenters. The molecule has 0 aromatic heterocycles. The van der Waals surface area contributed by atoms with Gasteiger partial charge in [-0.3, -0.25) is 4.79 Å². The van der Waals surface area contributed by atoms with Crippen LogP contribution in [0.25, 0.3) is 21.9 Å². The molecule has 222 valence electrons. The van der Waals surface area contributed by atoms with E-state index >= 15 is 0 Å². The highest BCUT2D eigenvalue weighted by Crippen LogP contribution is 2.62. The fourth-order valence-electron chi connectivity index (χ4n) is 8.30. The van der Waals surface area contributed by atoms with Crippen molar-refractivity contribution in [3.63, 3.8) is 0 Å². The van der Waals surface area contributed by atoms with Gasteiger partial charge in [0, 0.05) is 23.9 Å². The first-order valence-corrected chi connectivity index (χ1v) is 15.5. The third-order valence-corrected chi connectivity index (χ3v) is 9.88. The molecular weight excluding hydrogens is 538 g/mol. The van der Waals surface area contributed by atoms with E-state index in [0.29, 0.717) is 24.5 Å². The van der Waals surface area contributed by atoms with Crippen LogP contribution in [0.15, 0.2) is 78.9 Å². The van der Waals surface area contributed by atoms with E-state index in [2.05, 4.69) is 35.6 Å². The highest BCUT2D eigenvalue weighted by molar-refractivity contribution is 6.04. The van der Waals surface area contributed by atoms with Crippen LogP contribution in [0.5, 0.6) is 11.5 Å². The number of ether oxygens (including phenoxy) is 3. The van der Waals surface area contributed by atoms with Gasteiger partial charge in [0.15, 0.2) is 6.79 Å². The maximum absolute atomic E-state index is 12.8. The highest BCUT2D eigenvalue weighted by Gasteiger charge is 2.52. The Morgan fingerprint density at radius 1 is 0.814 bits per heavy atom. The van der Waals surface area contributed by atoms with Gasteiger partial charge in [0.2, 0.25) is 0 Å². The van der Waals surface area contributed by atoms with Crippen LogP contribution in [0.2, 0.25) is 0 Å². The number of fused-ring (bicyclic) bond motifs is 1. The number of rotatable bonds is 10. The molecule has 0 spiro atoms. The van der Waals surface area contributed by atoms with Gasteiger partial charge < -0.3 is 24.6 Å². The number of phenolic OH excluding ortho intramolecular Hbond substituents is 1. The molecule has 4 aromatic rings. The number of nitrogens with one attached hydrogen (secondary N) is 1. The maximum atomic E-state index is 12.8. The van der Waals surface area contributed by atoms with Gasteiger partial charge in [0.05, 0.1) is 13.2 Å². The minimum atomic E-state index is -0.185. The quantitative estimate of drug-likeness (QED) is 0.114. The lowest BCUT2D eigenvalue weighted by Gasteiger charge is -2.57. The van der Waals surface area contributed by atoms with Crippen molar-refractivity contribution in [2.24, 2.45) is 17.8 Å². The van der Waals surface area contributed by atoms with E-state index in [4.69, 9.17) is 14.2 Å². The number of benzene rings is 4. The molecule has 6 heteroatoms. The second-order valence-corrected chi connectivity index (χ2v) is 12.8. The van der Waals surface area contributed by atoms with Crippen LogP contribution in [0, 0.1) is 17.8 Å². The number of amides is 1. The average molecular weight is 578 g/mol. The lowest BCUT2D eigenvalue weighted by Crippen LogP contribution is -2.48. The highest BCUT2D eigenvalue weighted by atomic mass is 16.7. The lowest BCUT2D eigenvalue weighted by atomic mass is 9.48. The standard InChI is InChI=1S/C37H39NO5/c1-41-12-13-42-23-43-35-19-30-7-6-29(27-2-4-28(5-3-27)36(40)38-32-8-10-33(39)11-9-32)17-31(30)18-34(35)37-20-24-14-25(21-37)16-26(15-24)22-37/h2-11,17-19,24-26,39H,12-16,20-23H2,1H3,(H,38,40). The molecule has 4 aliphatic rings. The number of phenols is 1. The summed E-state index contributed by atoms with van der Waals surface area (Å²) in [5.74, 6) is 3.45. The molecular formula is C37H39NO5. The number of methoxy groups -OCH3 is 1. The van der Waals surface area contributed by atoms with Crippen LogP contribution >= 0.6 is 0 Å². The molecule has 4 saturated carbocycles. The molecule has 1 amide bonds. The third kappa shape index (κ3) is 5.74. The Bertz CT molecular complexity index is 1580. The zero-order valence-corrected chi connectivity index (χ0v) is 24.7. The predicted molar refractivity (Wildman–Crippen MR) is 169 cm³/mol. The minimum absolute atomic E-state index is 0.165. The van der Waals surface area contributed by atoms with Gasteiger partial charge in [0.25, 0.3) is 5.91 Å². The normalized spacial score (nSPS) is 23.9. The van der Waals surface area contributed by atoms with Crippen molar-refractivity contribution in [1.82, 2.24) is 0 Å². The largest absolute Gasteiger partial charge is 0.508 e. The van der Waals surface area contributed by atoms with Crippen molar-refractivity contribution in [2.45, 2.75) is 43.9 Å². The summed E-state index contributed by atoms with van der Waals surface area (Å²) in [5, 5.41) is 14.7. The number of hydrogen-bond donors (Lipinski definition) is 2. The molecule has 4 aliphatic carbocycles. The van der Waals surface area contributed by atoms with Gasteiger partial charge in [-0.2, -0.15) is 0 Å². The Balaban J connectivity index is 1.17. The Hall–Kier alpha value is -3.87. The summed E-state index contributed by atoms with van der Waals surface area (Å²) in [7, 11) is 1.68. The van der Waals surface area contributed by atoms with Gasteiger partial charge in [-0.1, -0.05) is 24.3 Å². The number of carbonyl (C=O) groups excluding carboxylic acids is 1. The van der Waals surface area contributed by atoms with Gasteiger partial charge in [-0.05, 0) is 138 Å². The zero-order valence-electron chi connectivity index (χ0n) is 24.7. The smallest absolute Gasteiger partial charge is 0.255 e. The maximum Gasteiger partial charge on any atom is 0.255 e. The Morgan fingerprint density at radius 2 is 1.49 bits per heavy atom. The first-order valence-electron chi connectivity index (χ1n) is 15.5. The van der Waals surface area contributed by atoms with Gasteiger partial charge in [-0.25, -0.2) is 0 Å². The number of aromatic hydroxyl groups is 1. The van der Waals surface area contributed by atoms with E-state index in [0.717, 1.165) is 40.0 Å². The topological polar surface area (TPSA) is 77.0 Å². The molecule has 0 aliphatic heterocycles. The van der Waals surface area contributed by atoms with Crippen LogP contribution in [0.3, 0.4) is 0 Å². The number of hydrogen-bond acceptors (Lipinski definition) is 5. The van der Waals surface area contributed by atoms with Crippen LogP contribution in [0.1, 0.15) is 54.4 Å². The van der Waals surface area contributed by atoms with Gasteiger partial charge >= 0.3 is 0 Å². The number of carbonyl (C=O) groups is 1. The molecule has 0 heterocycles. The molecule has 4 bridgehead atoms. The van der Waals surface area contributed by atoms with Crippen molar-refractivity contribution in [2.75, 3.05) is 32.4 Å². The molecule has 8 rings (SSSR count). The van der Waals surface area contributed by atoms with E-state index in [1.807, 2.05) is 24.3 Å². The summed E-state index contributed by atoms with van der Waals surface area (Å²) >= 11 is 0. The number of anilines is 1. The second-order valence-electron chi connectivity index (χ2n) is 12.8. The van der Waals surface area contributed by atoms with Crippen molar-refractivity contribution in [1.29, 1.82) is 0 Å². The van der Waals surface area contributed by atoms with E-state index in [9.17, 15) is 9.90 Å². The van der Waals surface area contributed by atoms with Crippen LogP contribution < -0.4 is 10.1 Å². The first kappa shape index (κ1) is 27.9. The average Bonchev–Trinajstić information content (AvgIpc) is 3.01.